The molecule has 0 aromatic heterocycles. The van der Waals surface area contributed by atoms with Crippen molar-refractivity contribution in [3.63, 3.8) is 0 Å². The van der Waals surface area contributed by atoms with Crippen LogP contribution in [-0.4, -0.2) is 25.0 Å². The van der Waals surface area contributed by atoms with Gasteiger partial charge in [-0.15, -0.1) is 0 Å². The van der Waals surface area contributed by atoms with Crippen LogP contribution in [0.1, 0.15) is 24.5 Å². The molecule has 1 N–H and O–H groups in total. The highest BCUT2D eigenvalue weighted by atomic mass is 16.2. The topological polar surface area (TPSA) is 56.1 Å². The number of carbonyl (C=O) groups is 1. The minimum Gasteiger partial charge on any atom is -0.358 e. The van der Waals surface area contributed by atoms with Crippen molar-refractivity contribution in [2.75, 3.05) is 18.0 Å². The van der Waals surface area contributed by atoms with Gasteiger partial charge < -0.3 is 10.2 Å². The first-order chi connectivity index (χ1) is 8.67. The third kappa shape index (κ3) is 2.17. The summed E-state index contributed by atoms with van der Waals surface area (Å²) in [6, 6.07) is 7.79. The maximum Gasteiger partial charge on any atom is 0.242 e. The van der Waals surface area contributed by atoms with Crippen LogP contribution in [0, 0.1) is 18.3 Å². The average molecular weight is 243 g/mol. The quantitative estimate of drug-likeness (QED) is 0.858. The van der Waals surface area contributed by atoms with Gasteiger partial charge in [-0.05, 0) is 37.1 Å². The van der Waals surface area contributed by atoms with Gasteiger partial charge in [0.05, 0.1) is 11.6 Å². The van der Waals surface area contributed by atoms with E-state index in [2.05, 4.69) is 16.3 Å². The van der Waals surface area contributed by atoms with Crippen molar-refractivity contribution in [3.05, 3.63) is 29.3 Å². The van der Waals surface area contributed by atoms with Gasteiger partial charge in [0, 0.05) is 18.8 Å². The third-order valence-corrected chi connectivity index (χ3v) is 3.38. The number of nitriles is 1. The molecule has 0 bridgehead atoms. The van der Waals surface area contributed by atoms with Gasteiger partial charge in [0.2, 0.25) is 5.91 Å². The fourth-order valence-corrected chi connectivity index (χ4v) is 2.38. The molecule has 1 atom stereocenters. The Bertz CT molecular complexity index is 504. The van der Waals surface area contributed by atoms with Crippen LogP contribution in [-0.2, 0) is 4.79 Å². The third-order valence-electron chi connectivity index (χ3n) is 3.38. The van der Waals surface area contributed by atoms with Crippen LogP contribution < -0.4 is 10.2 Å². The van der Waals surface area contributed by atoms with Crippen LogP contribution in [0.15, 0.2) is 18.2 Å². The number of carbonyl (C=O) groups excluding carboxylic acids is 1. The van der Waals surface area contributed by atoms with Gasteiger partial charge in [-0.3, -0.25) is 4.79 Å². The van der Waals surface area contributed by atoms with Crippen LogP contribution in [0.5, 0.6) is 0 Å². The average Bonchev–Trinajstić information content (AvgIpc) is 2.38. The SMILES string of the molecule is CCC1C(=O)NCCN1c1ccc(C#N)c(C)c1. The molecular formula is C14H17N3O. The molecule has 1 heterocycles. The first kappa shape index (κ1) is 12.4. The first-order valence-corrected chi connectivity index (χ1v) is 6.22. The van der Waals surface area contributed by atoms with Gasteiger partial charge >= 0.3 is 0 Å². The van der Waals surface area contributed by atoms with Gasteiger partial charge in [0.15, 0.2) is 0 Å². The first-order valence-electron chi connectivity index (χ1n) is 6.22. The van der Waals surface area contributed by atoms with Crippen LogP contribution in [0.3, 0.4) is 0 Å². The molecule has 4 nitrogen and oxygen atoms in total. The maximum absolute atomic E-state index is 11.8. The van der Waals surface area contributed by atoms with E-state index < -0.39 is 0 Å². The molecule has 0 aliphatic carbocycles. The second-order valence-electron chi connectivity index (χ2n) is 4.52. The summed E-state index contributed by atoms with van der Waals surface area (Å²) in [5.41, 5.74) is 2.66. The highest BCUT2D eigenvalue weighted by Gasteiger charge is 2.28. The summed E-state index contributed by atoms with van der Waals surface area (Å²) >= 11 is 0. The van der Waals surface area contributed by atoms with Crippen molar-refractivity contribution in [1.82, 2.24) is 5.32 Å². The maximum atomic E-state index is 11.8. The Kier molecular flexibility index (Phi) is 3.52. The molecule has 1 aromatic carbocycles. The number of piperazine rings is 1. The number of nitrogens with zero attached hydrogens (tertiary/aromatic N) is 2. The summed E-state index contributed by atoms with van der Waals surface area (Å²) < 4.78 is 0. The minimum absolute atomic E-state index is 0.0887. The van der Waals surface area contributed by atoms with Crippen LogP contribution >= 0.6 is 0 Å². The zero-order chi connectivity index (χ0) is 13.1. The molecule has 1 aliphatic rings. The number of hydrogen-bond donors (Lipinski definition) is 1. The smallest absolute Gasteiger partial charge is 0.242 e. The number of aryl methyl sites for hydroxylation is 1. The lowest BCUT2D eigenvalue weighted by atomic mass is 10.0. The second kappa shape index (κ2) is 5.09. The van der Waals surface area contributed by atoms with Gasteiger partial charge in [0.1, 0.15) is 6.04 Å². The number of anilines is 1. The number of rotatable bonds is 2. The molecule has 1 unspecified atom stereocenters. The molecule has 4 heteroatoms. The summed E-state index contributed by atoms with van der Waals surface area (Å²) in [7, 11) is 0. The minimum atomic E-state index is -0.105. The lowest BCUT2D eigenvalue weighted by molar-refractivity contribution is -0.123. The van der Waals surface area contributed by atoms with Crippen molar-refractivity contribution in [3.8, 4) is 6.07 Å². The molecule has 2 rings (SSSR count). The Morgan fingerprint density at radius 2 is 2.33 bits per heavy atom. The van der Waals surface area contributed by atoms with Crippen molar-refractivity contribution in [2.45, 2.75) is 26.3 Å². The fourth-order valence-electron chi connectivity index (χ4n) is 2.38. The fraction of sp³-hybridized carbons (Fsp3) is 0.429. The van der Waals surface area contributed by atoms with Crippen molar-refractivity contribution < 1.29 is 4.79 Å². The zero-order valence-electron chi connectivity index (χ0n) is 10.7. The largest absolute Gasteiger partial charge is 0.358 e. The molecule has 1 fully saturated rings. The van der Waals surface area contributed by atoms with Gasteiger partial charge in [-0.1, -0.05) is 6.92 Å². The Morgan fingerprint density at radius 3 is 2.94 bits per heavy atom. The van der Waals surface area contributed by atoms with Crippen LogP contribution in [0.25, 0.3) is 0 Å². The van der Waals surface area contributed by atoms with E-state index in [9.17, 15) is 4.79 Å². The van der Waals surface area contributed by atoms with Crippen LogP contribution in [0.4, 0.5) is 5.69 Å². The Labute approximate surface area is 107 Å². The highest BCUT2D eigenvalue weighted by molar-refractivity contribution is 5.86. The molecule has 18 heavy (non-hydrogen) atoms. The summed E-state index contributed by atoms with van der Waals surface area (Å²) in [5, 5.41) is 11.8. The van der Waals surface area contributed by atoms with E-state index in [1.165, 1.54) is 0 Å². The lowest BCUT2D eigenvalue weighted by Gasteiger charge is -2.36. The summed E-state index contributed by atoms with van der Waals surface area (Å²) in [4.78, 5) is 13.9. The van der Waals surface area contributed by atoms with Crippen molar-refractivity contribution in [2.24, 2.45) is 0 Å². The van der Waals surface area contributed by atoms with E-state index in [-0.39, 0.29) is 11.9 Å². The Morgan fingerprint density at radius 1 is 1.56 bits per heavy atom. The van der Waals surface area contributed by atoms with E-state index >= 15 is 0 Å². The standard InChI is InChI=1S/C14H17N3O/c1-3-13-14(18)16-6-7-17(13)12-5-4-11(9-15)10(2)8-12/h4-5,8,13H,3,6-7H2,1-2H3,(H,16,18). The predicted molar refractivity (Wildman–Crippen MR) is 70.3 cm³/mol. The molecular weight excluding hydrogens is 226 g/mol. The van der Waals surface area contributed by atoms with E-state index in [0.717, 1.165) is 24.2 Å². The van der Waals surface area contributed by atoms with E-state index in [1.807, 2.05) is 32.0 Å². The van der Waals surface area contributed by atoms with Crippen molar-refractivity contribution in [1.29, 1.82) is 5.26 Å². The van der Waals surface area contributed by atoms with Gasteiger partial charge in [0.25, 0.3) is 0 Å². The molecule has 1 aliphatic heterocycles. The number of hydrogen-bond acceptors (Lipinski definition) is 3. The molecule has 1 saturated heterocycles. The van der Waals surface area contributed by atoms with Gasteiger partial charge in [-0.2, -0.15) is 5.26 Å². The van der Waals surface area contributed by atoms with Gasteiger partial charge in [-0.25, -0.2) is 0 Å². The zero-order valence-corrected chi connectivity index (χ0v) is 10.7. The molecule has 0 radical (unpaired) electrons. The monoisotopic (exact) mass is 243 g/mol. The predicted octanol–water partition coefficient (Wildman–Crippen LogP) is 1.58. The second-order valence-corrected chi connectivity index (χ2v) is 4.52. The van der Waals surface area contributed by atoms with Crippen LogP contribution in [0.2, 0.25) is 0 Å². The molecule has 1 amide bonds. The number of nitrogens with one attached hydrogen (secondary N) is 1. The Hall–Kier alpha value is -2.02. The summed E-state index contributed by atoms with van der Waals surface area (Å²) in [6.45, 7) is 5.43. The highest BCUT2D eigenvalue weighted by Crippen LogP contribution is 2.23. The molecule has 0 spiro atoms. The lowest BCUT2D eigenvalue weighted by Crippen LogP contribution is -2.55. The number of benzene rings is 1. The summed E-state index contributed by atoms with van der Waals surface area (Å²) in [5.74, 6) is 0.0887. The molecule has 0 saturated carbocycles. The Balaban J connectivity index is 2.32. The van der Waals surface area contributed by atoms with E-state index in [1.54, 1.807) is 0 Å². The molecule has 1 aromatic rings. The van der Waals surface area contributed by atoms with E-state index in [0.29, 0.717) is 12.1 Å². The van der Waals surface area contributed by atoms with E-state index in [4.69, 9.17) is 5.26 Å². The molecule has 94 valence electrons. The number of amides is 1. The normalized spacial score (nSPS) is 19.3. The van der Waals surface area contributed by atoms with Crippen molar-refractivity contribution >= 4 is 11.6 Å². The summed E-state index contributed by atoms with van der Waals surface area (Å²) in [6.07, 6.45) is 0.783.